The molecule has 0 heterocycles. The lowest BCUT2D eigenvalue weighted by molar-refractivity contribution is 0.0704. The minimum Gasteiger partial charge on any atom is -0.336 e. The first kappa shape index (κ1) is 14.7. The van der Waals surface area contributed by atoms with Crippen LogP contribution in [0, 0.1) is 13.8 Å². The summed E-state index contributed by atoms with van der Waals surface area (Å²) in [6, 6.07) is 6.16. The van der Waals surface area contributed by atoms with Gasteiger partial charge in [0, 0.05) is 18.2 Å². The van der Waals surface area contributed by atoms with Gasteiger partial charge >= 0.3 is 0 Å². The third-order valence-corrected chi connectivity index (χ3v) is 3.10. The first-order chi connectivity index (χ1) is 8.47. The molecule has 2 N–H and O–H groups in total. The van der Waals surface area contributed by atoms with E-state index in [9.17, 15) is 4.79 Å². The van der Waals surface area contributed by atoms with Crippen molar-refractivity contribution in [1.29, 1.82) is 0 Å². The summed E-state index contributed by atoms with van der Waals surface area (Å²) in [4.78, 5) is 14.4. The van der Waals surface area contributed by atoms with Gasteiger partial charge in [-0.3, -0.25) is 4.79 Å². The molecule has 0 fully saturated rings. The summed E-state index contributed by atoms with van der Waals surface area (Å²) in [6.45, 7) is 9.44. The molecule has 0 radical (unpaired) electrons. The van der Waals surface area contributed by atoms with Crippen LogP contribution in [-0.2, 0) is 0 Å². The van der Waals surface area contributed by atoms with Crippen molar-refractivity contribution in [2.75, 3.05) is 13.1 Å². The molecule has 0 spiro atoms. The van der Waals surface area contributed by atoms with E-state index in [4.69, 9.17) is 5.73 Å². The van der Waals surface area contributed by atoms with E-state index < -0.39 is 0 Å². The van der Waals surface area contributed by atoms with Crippen LogP contribution in [0.5, 0.6) is 0 Å². The summed E-state index contributed by atoms with van der Waals surface area (Å²) < 4.78 is 0. The zero-order chi connectivity index (χ0) is 13.7. The fourth-order valence-electron chi connectivity index (χ4n) is 2.06. The number of hydrogen-bond acceptors (Lipinski definition) is 2. The lowest BCUT2D eigenvalue weighted by atomic mass is 10.0. The molecular formula is C15H24N2O. The maximum absolute atomic E-state index is 12.5. The number of benzene rings is 1. The SMILES string of the molecule is Cc1ccc(C(=O)N(CCCN)C(C)C)c(C)c1. The van der Waals surface area contributed by atoms with Crippen molar-refractivity contribution >= 4 is 5.91 Å². The Morgan fingerprint density at radius 2 is 2.00 bits per heavy atom. The van der Waals surface area contributed by atoms with E-state index in [2.05, 4.69) is 6.07 Å². The normalized spacial score (nSPS) is 10.8. The quantitative estimate of drug-likeness (QED) is 0.870. The lowest BCUT2D eigenvalue weighted by Crippen LogP contribution is -2.38. The van der Waals surface area contributed by atoms with Gasteiger partial charge in [-0.05, 0) is 52.3 Å². The minimum absolute atomic E-state index is 0.107. The molecule has 1 rings (SSSR count). The molecule has 0 saturated heterocycles. The van der Waals surface area contributed by atoms with Crippen LogP contribution in [0.2, 0.25) is 0 Å². The standard InChI is InChI=1S/C15H24N2O/c1-11(2)17(9-5-8-16)15(18)14-7-6-12(3)10-13(14)4/h6-7,10-11H,5,8-9,16H2,1-4H3. The zero-order valence-electron chi connectivity index (χ0n) is 11.9. The average Bonchev–Trinajstić information content (AvgIpc) is 2.28. The Morgan fingerprint density at radius 3 is 2.50 bits per heavy atom. The van der Waals surface area contributed by atoms with Crippen LogP contribution in [0.25, 0.3) is 0 Å². The fourth-order valence-corrected chi connectivity index (χ4v) is 2.06. The number of rotatable bonds is 5. The molecule has 1 aromatic carbocycles. The molecule has 0 bridgehead atoms. The average molecular weight is 248 g/mol. The Morgan fingerprint density at radius 1 is 1.33 bits per heavy atom. The second kappa shape index (κ2) is 6.55. The highest BCUT2D eigenvalue weighted by atomic mass is 16.2. The van der Waals surface area contributed by atoms with E-state index in [1.54, 1.807) is 0 Å². The summed E-state index contributed by atoms with van der Waals surface area (Å²) in [7, 11) is 0. The molecule has 0 unspecified atom stereocenters. The Hall–Kier alpha value is -1.35. The van der Waals surface area contributed by atoms with E-state index in [1.165, 1.54) is 5.56 Å². The van der Waals surface area contributed by atoms with Crippen molar-refractivity contribution in [3.05, 3.63) is 34.9 Å². The van der Waals surface area contributed by atoms with Crippen molar-refractivity contribution in [2.45, 2.75) is 40.2 Å². The highest BCUT2D eigenvalue weighted by molar-refractivity contribution is 5.95. The number of carbonyl (C=O) groups excluding carboxylic acids is 1. The van der Waals surface area contributed by atoms with Gasteiger partial charge in [0.1, 0.15) is 0 Å². The zero-order valence-corrected chi connectivity index (χ0v) is 11.9. The smallest absolute Gasteiger partial charge is 0.254 e. The van der Waals surface area contributed by atoms with Crippen molar-refractivity contribution in [3.63, 3.8) is 0 Å². The molecule has 1 amide bonds. The molecule has 0 saturated carbocycles. The molecule has 1 aromatic rings. The molecule has 0 atom stereocenters. The van der Waals surface area contributed by atoms with Gasteiger partial charge in [0.15, 0.2) is 0 Å². The van der Waals surface area contributed by atoms with Crippen LogP contribution < -0.4 is 5.73 Å². The van der Waals surface area contributed by atoms with Crippen molar-refractivity contribution < 1.29 is 4.79 Å². The molecular weight excluding hydrogens is 224 g/mol. The predicted molar refractivity (Wildman–Crippen MR) is 75.8 cm³/mol. The van der Waals surface area contributed by atoms with Gasteiger partial charge in [0.05, 0.1) is 0 Å². The Kier molecular flexibility index (Phi) is 5.35. The number of amides is 1. The molecule has 3 nitrogen and oxygen atoms in total. The van der Waals surface area contributed by atoms with Gasteiger partial charge in [-0.15, -0.1) is 0 Å². The molecule has 0 aliphatic carbocycles. The number of carbonyl (C=O) groups is 1. The van der Waals surface area contributed by atoms with Gasteiger partial charge in [0.2, 0.25) is 0 Å². The highest BCUT2D eigenvalue weighted by Crippen LogP contribution is 2.15. The first-order valence-electron chi connectivity index (χ1n) is 6.55. The van der Waals surface area contributed by atoms with Gasteiger partial charge in [-0.25, -0.2) is 0 Å². The molecule has 0 aliphatic rings. The predicted octanol–water partition coefficient (Wildman–Crippen LogP) is 2.50. The van der Waals surface area contributed by atoms with E-state index >= 15 is 0 Å². The van der Waals surface area contributed by atoms with Gasteiger partial charge < -0.3 is 10.6 Å². The lowest BCUT2D eigenvalue weighted by Gasteiger charge is -2.27. The van der Waals surface area contributed by atoms with Crippen LogP contribution in [0.4, 0.5) is 0 Å². The first-order valence-corrected chi connectivity index (χ1v) is 6.55. The Labute approximate surface area is 110 Å². The van der Waals surface area contributed by atoms with Crippen LogP contribution in [0.15, 0.2) is 18.2 Å². The molecule has 3 heteroatoms. The third kappa shape index (κ3) is 3.57. The maximum Gasteiger partial charge on any atom is 0.254 e. The van der Waals surface area contributed by atoms with Crippen LogP contribution >= 0.6 is 0 Å². The van der Waals surface area contributed by atoms with Crippen molar-refractivity contribution in [3.8, 4) is 0 Å². The van der Waals surface area contributed by atoms with Crippen molar-refractivity contribution in [2.24, 2.45) is 5.73 Å². The highest BCUT2D eigenvalue weighted by Gasteiger charge is 2.19. The van der Waals surface area contributed by atoms with E-state index in [1.807, 2.05) is 44.7 Å². The van der Waals surface area contributed by atoms with Gasteiger partial charge in [0.25, 0.3) is 5.91 Å². The molecule has 18 heavy (non-hydrogen) atoms. The number of hydrogen-bond donors (Lipinski definition) is 1. The summed E-state index contributed by atoms with van der Waals surface area (Å²) in [5.41, 5.74) is 8.55. The summed E-state index contributed by atoms with van der Waals surface area (Å²) in [6.07, 6.45) is 0.842. The Balaban J connectivity index is 2.94. The second-order valence-corrected chi connectivity index (χ2v) is 5.05. The van der Waals surface area contributed by atoms with Gasteiger partial charge in [-0.2, -0.15) is 0 Å². The van der Waals surface area contributed by atoms with Crippen LogP contribution in [-0.4, -0.2) is 29.9 Å². The van der Waals surface area contributed by atoms with Crippen LogP contribution in [0.3, 0.4) is 0 Å². The van der Waals surface area contributed by atoms with Gasteiger partial charge in [-0.1, -0.05) is 17.7 Å². The van der Waals surface area contributed by atoms with E-state index in [0.717, 1.165) is 24.1 Å². The van der Waals surface area contributed by atoms with Crippen molar-refractivity contribution in [1.82, 2.24) is 4.90 Å². The van der Waals surface area contributed by atoms with E-state index in [0.29, 0.717) is 6.54 Å². The maximum atomic E-state index is 12.5. The summed E-state index contributed by atoms with van der Waals surface area (Å²) in [5.74, 6) is 0.107. The minimum atomic E-state index is 0.107. The Bertz CT molecular complexity index is 413. The van der Waals surface area contributed by atoms with Crippen LogP contribution in [0.1, 0.15) is 41.8 Å². The topological polar surface area (TPSA) is 46.3 Å². The largest absolute Gasteiger partial charge is 0.336 e. The molecule has 0 aliphatic heterocycles. The van der Waals surface area contributed by atoms with E-state index in [-0.39, 0.29) is 11.9 Å². The molecule has 0 aromatic heterocycles. The summed E-state index contributed by atoms with van der Waals surface area (Å²) in [5, 5.41) is 0. The number of aryl methyl sites for hydroxylation is 2. The summed E-state index contributed by atoms with van der Waals surface area (Å²) >= 11 is 0. The third-order valence-electron chi connectivity index (χ3n) is 3.10. The number of nitrogens with zero attached hydrogens (tertiary/aromatic N) is 1. The number of nitrogens with two attached hydrogens (primary N) is 1. The monoisotopic (exact) mass is 248 g/mol. The fraction of sp³-hybridized carbons (Fsp3) is 0.533. The molecule has 100 valence electrons. The second-order valence-electron chi connectivity index (χ2n) is 5.05.